The number of benzene rings is 1. The highest BCUT2D eigenvalue weighted by Crippen LogP contribution is 2.28. The summed E-state index contributed by atoms with van der Waals surface area (Å²) in [7, 11) is -3.62. The van der Waals surface area contributed by atoms with Gasteiger partial charge < -0.3 is 5.32 Å². The number of carbonyl (C=O) groups is 1. The minimum Gasteiger partial charge on any atom is -0.350 e. The number of halogens is 2. The number of hydrogen-bond acceptors (Lipinski definition) is 4. The molecule has 3 rings (SSSR count). The van der Waals surface area contributed by atoms with Crippen LogP contribution < -0.4 is 5.32 Å². The van der Waals surface area contributed by atoms with Crippen LogP contribution in [0.3, 0.4) is 0 Å². The Hall–Kier alpha value is -1.84. The largest absolute Gasteiger partial charge is 0.350 e. The van der Waals surface area contributed by atoms with E-state index in [1.54, 1.807) is 11.4 Å². The molecule has 0 spiro atoms. The van der Waals surface area contributed by atoms with Gasteiger partial charge in [0, 0.05) is 19.1 Å². The van der Waals surface area contributed by atoms with Crippen molar-refractivity contribution < 1.29 is 22.0 Å². The lowest BCUT2D eigenvalue weighted by molar-refractivity contribution is 0.0938. The Morgan fingerprint density at radius 3 is 2.60 bits per heavy atom. The molecule has 0 aliphatic carbocycles. The van der Waals surface area contributed by atoms with E-state index < -0.39 is 39.2 Å². The van der Waals surface area contributed by atoms with Crippen molar-refractivity contribution in [1.82, 2.24) is 9.62 Å². The summed E-state index contributed by atoms with van der Waals surface area (Å²) in [5, 5.41) is 4.13. The first-order valence-corrected chi connectivity index (χ1v) is 10.0. The average molecular weight is 386 g/mol. The van der Waals surface area contributed by atoms with E-state index >= 15 is 0 Å². The van der Waals surface area contributed by atoms with Crippen molar-refractivity contribution in [2.75, 3.05) is 13.1 Å². The first kappa shape index (κ1) is 18.0. The van der Waals surface area contributed by atoms with Crippen molar-refractivity contribution in [1.29, 1.82) is 0 Å². The maximum absolute atomic E-state index is 13.6. The van der Waals surface area contributed by atoms with Crippen LogP contribution in [0.5, 0.6) is 0 Å². The Kier molecular flexibility index (Phi) is 5.16. The zero-order valence-electron chi connectivity index (χ0n) is 13.1. The van der Waals surface area contributed by atoms with Crippen molar-refractivity contribution in [3.8, 4) is 0 Å². The quantitative estimate of drug-likeness (QED) is 0.859. The van der Waals surface area contributed by atoms with Gasteiger partial charge in [0.1, 0.15) is 21.4 Å². The molecule has 1 aliphatic heterocycles. The molecule has 1 aromatic heterocycles. The molecule has 2 heterocycles. The second kappa shape index (κ2) is 7.19. The summed E-state index contributed by atoms with van der Waals surface area (Å²) in [5.74, 6) is -2.80. The van der Waals surface area contributed by atoms with E-state index in [1.807, 2.05) is 0 Å². The van der Waals surface area contributed by atoms with E-state index in [0.29, 0.717) is 19.4 Å². The fourth-order valence-corrected chi connectivity index (χ4v) is 5.68. The second-order valence-corrected chi connectivity index (χ2v) is 8.72. The predicted octanol–water partition coefficient (Wildman–Crippen LogP) is 2.61. The second-order valence-electron chi connectivity index (χ2n) is 5.65. The van der Waals surface area contributed by atoms with Crippen molar-refractivity contribution in [2.45, 2.75) is 23.1 Å². The summed E-state index contributed by atoms with van der Waals surface area (Å²) >= 11 is 1.13. The third-order valence-corrected chi connectivity index (χ3v) is 7.39. The third-order valence-electron chi connectivity index (χ3n) is 4.07. The summed E-state index contributed by atoms with van der Waals surface area (Å²) in [4.78, 5) is 12.1. The van der Waals surface area contributed by atoms with Crippen LogP contribution >= 0.6 is 11.3 Å². The molecule has 2 aromatic rings. The first-order chi connectivity index (χ1) is 11.9. The monoisotopic (exact) mass is 386 g/mol. The van der Waals surface area contributed by atoms with Crippen molar-refractivity contribution in [2.24, 2.45) is 0 Å². The Morgan fingerprint density at radius 1 is 1.24 bits per heavy atom. The van der Waals surface area contributed by atoms with Crippen LogP contribution in [0.2, 0.25) is 0 Å². The summed E-state index contributed by atoms with van der Waals surface area (Å²) in [6.45, 7) is 0.353. The van der Waals surface area contributed by atoms with Gasteiger partial charge in [0.2, 0.25) is 0 Å². The maximum atomic E-state index is 13.6. The Bertz CT molecular complexity index is 849. The van der Waals surface area contributed by atoms with Crippen molar-refractivity contribution in [3.05, 3.63) is 52.9 Å². The molecule has 0 saturated carbocycles. The number of hydrogen-bond donors (Lipinski definition) is 1. The lowest BCUT2D eigenvalue weighted by atomic mass is 10.1. The highest BCUT2D eigenvalue weighted by Gasteiger charge is 2.36. The number of nitrogens with one attached hydrogen (secondary N) is 1. The molecule has 1 saturated heterocycles. The van der Waals surface area contributed by atoms with Crippen LogP contribution in [0.4, 0.5) is 8.78 Å². The van der Waals surface area contributed by atoms with Gasteiger partial charge in [-0.2, -0.15) is 4.31 Å². The van der Waals surface area contributed by atoms with E-state index in [1.165, 1.54) is 16.4 Å². The number of amides is 1. The van der Waals surface area contributed by atoms with E-state index in [9.17, 15) is 22.0 Å². The van der Waals surface area contributed by atoms with Crippen molar-refractivity contribution in [3.63, 3.8) is 0 Å². The van der Waals surface area contributed by atoms with Gasteiger partial charge in [-0.15, -0.1) is 11.3 Å². The van der Waals surface area contributed by atoms with Crippen LogP contribution in [0.15, 0.2) is 39.9 Å². The molecule has 5 nitrogen and oxygen atoms in total. The van der Waals surface area contributed by atoms with E-state index in [4.69, 9.17) is 0 Å². The van der Waals surface area contributed by atoms with Gasteiger partial charge in [-0.3, -0.25) is 4.79 Å². The Morgan fingerprint density at radius 2 is 1.96 bits per heavy atom. The first-order valence-electron chi connectivity index (χ1n) is 7.69. The molecule has 0 bridgehead atoms. The van der Waals surface area contributed by atoms with Gasteiger partial charge in [-0.05, 0) is 36.4 Å². The predicted molar refractivity (Wildman–Crippen MR) is 89.9 cm³/mol. The highest BCUT2D eigenvalue weighted by atomic mass is 32.2. The number of rotatable bonds is 5. The number of nitrogens with zero attached hydrogens (tertiary/aromatic N) is 1. The molecule has 1 aliphatic rings. The number of sulfonamides is 1. The molecule has 1 N–H and O–H groups in total. The van der Waals surface area contributed by atoms with Gasteiger partial charge in [0.15, 0.2) is 0 Å². The summed E-state index contributed by atoms with van der Waals surface area (Å²) in [5.41, 5.74) is -0.659. The van der Waals surface area contributed by atoms with Crippen LogP contribution in [-0.4, -0.2) is 37.8 Å². The van der Waals surface area contributed by atoms with Gasteiger partial charge in [0.25, 0.3) is 15.9 Å². The number of carbonyl (C=O) groups excluding carboxylic acids is 1. The highest BCUT2D eigenvalue weighted by molar-refractivity contribution is 7.91. The molecule has 1 amide bonds. The van der Waals surface area contributed by atoms with Gasteiger partial charge in [0.05, 0.1) is 0 Å². The van der Waals surface area contributed by atoms with Crippen LogP contribution in [-0.2, 0) is 10.0 Å². The minimum absolute atomic E-state index is 0.00277. The molecule has 0 radical (unpaired) electrons. The van der Waals surface area contributed by atoms with E-state index in [0.717, 1.165) is 23.5 Å². The molecular weight excluding hydrogens is 370 g/mol. The summed E-state index contributed by atoms with van der Waals surface area (Å²) in [6.07, 6.45) is 1.24. The lowest BCUT2D eigenvalue weighted by Gasteiger charge is -2.23. The molecule has 1 atom stereocenters. The fraction of sp³-hybridized carbons (Fsp3) is 0.312. The molecule has 25 heavy (non-hydrogen) atoms. The smallest absolute Gasteiger partial charge is 0.257 e. The third kappa shape index (κ3) is 3.58. The van der Waals surface area contributed by atoms with Crippen LogP contribution in [0.25, 0.3) is 0 Å². The normalized spacial score (nSPS) is 18.4. The molecule has 9 heteroatoms. The van der Waals surface area contributed by atoms with E-state index in [-0.39, 0.29) is 10.8 Å². The molecule has 134 valence electrons. The van der Waals surface area contributed by atoms with Gasteiger partial charge in [-0.1, -0.05) is 12.1 Å². The zero-order chi connectivity index (χ0) is 18.0. The topological polar surface area (TPSA) is 66.5 Å². The van der Waals surface area contributed by atoms with Gasteiger partial charge >= 0.3 is 0 Å². The van der Waals surface area contributed by atoms with E-state index in [2.05, 4.69) is 5.32 Å². The van der Waals surface area contributed by atoms with Crippen LogP contribution in [0, 0.1) is 11.6 Å². The molecule has 1 fully saturated rings. The maximum Gasteiger partial charge on any atom is 0.257 e. The standard InChI is InChI=1S/C16H16F2N2O3S2/c17-12-5-1-6-13(18)15(12)16(21)19-10-11-4-2-8-20(11)25(22,23)14-7-3-9-24-14/h1,3,5-7,9,11H,2,4,8,10H2,(H,19,21)/t11-/m1/s1. The SMILES string of the molecule is O=C(NC[C@H]1CCCN1S(=O)(=O)c1cccs1)c1c(F)cccc1F. The average Bonchev–Trinajstić information content (AvgIpc) is 3.24. The molecule has 1 aromatic carbocycles. The van der Waals surface area contributed by atoms with Crippen molar-refractivity contribution >= 4 is 27.3 Å². The lowest BCUT2D eigenvalue weighted by Crippen LogP contribution is -2.43. The summed E-state index contributed by atoms with van der Waals surface area (Å²) in [6, 6.07) is 5.93. The summed E-state index contributed by atoms with van der Waals surface area (Å²) < 4.78 is 54.1. The Balaban J connectivity index is 1.72. The van der Waals surface area contributed by atoms with Gasteiger partial charge in [-0.25, -0.2) is 17.2 Å². The zero-order valence-corrected chi connectivity index (χ0v) is 14.7. The minimum atomic E-state index is -3.62. The molecule has 0 unspecified atom stereocenters. The Labute approximate surface area is 148 Å². The molecular formula is C16H16F2N2O3S2. The van der Waals surface area contributed by atoms with Crippen LogP contribution in [0.1, 0.15) is 23.2 Å². The fourth-order valence-electron chi connectivity index (χ4n) is 2.87. The number of thiophene rings is 1.